The predicted octanol–water partition coefficient (Wildman–Crippen LogP) is 2.51. The largest absolute Gasteiger partial charge is 0.465 e. The van der Waals surface area contributed by atoms with Crippen LogP contribution in [0.3, 0.4) is 0 Å². The molecule has 0 bridgehead atoms. The van der Waals surface area contributed by atoms with Crippen molar-refractivity contribution in [3.8, 4) is 0 Å². The molecule has 0 aliphatic rings. The van der Waals surface area contributed by atoms with E-state index < -0.39 is 11.4 Å². The summed E-state index contributed by atoms with van der Waals surface area (Å²) in [6.45, 7) is 8.62. The molecule has 0 radical (unpaired) electrons. The Kier molecular flexibility index (Phi) is 9.63. The molecule has 2 unspecified atom stereocenters. The van der Waals surface area contributed by atoms with Gasteiger partial charge in [0.2, 0.25) is 0 Å². The van der Waals surface area contributed by atoms with Crippen molar-refractivity contribution in [2.75, 3.05) is 26.5 Å². The van der Waals surface area contributed by atoms with E-state index in [1.54, 1.807) is 13.6 Å². The molecule has 120 valence electrons. The Morgan fingerprint density at radius 2 is 1.67 bits per heavy atom. The zero-order valence-electron chi connectivity index (χ0n) is 12.8. The Morgan fingerprint density at radius 1 is 1.10 bits per heavy atom. The van der Waals surface area contributed by atoms with Gasteiger partial charge in [-0.05, 0) is 21.7 Å². The van der Waals surface area contributed by atoms with E-state index in [2.05, 4.69) is 6.58 Å². The lowest BCUT2D eigenvalue weighted by atomic mass is 9.88. The molecule has 0 aromatic rings. The molecule has 0 aromatic carbocycles. The number of carbonyl (C=O) groups excluding carboxylic acids is 3. The molecule has 0 heterocycles. The average Bonchev–Trinajstić information content (AvgIpc) is 2.53. The van der Waals surface area contributed by atoms with Crippen molar-refractivity contribution in [3.05, 3.63) is 12.7 Å². The molecule has 2 atom stereocenters. The molecule has 0 saturated heterocycles. The first kappa shape index (κ1) is 19.6. The predicted molar refractivity (Wildman–Crippen MR) is 80.7 cm³/mol. The van der Waals surface area contributed by atoms with Crippen molar-refractivity contribution >= 4 is 26.2 Å². The molecule has 0 aliphatic carbocycles. The number of rotatable bonds is 10. The van der Waals surface area contributed by atoms with E-state index in [1.807, 2.05) is 6.92 Å². The summed E-state index contributed by atoms with van der Waals surface area (Å²) in [4.78, 5) is 33.8. The van der Waals surface area contributed by atoms with Gasteiger partial charge in [0.25, 0.3) is 0 Å². The Balaban J connectivity index is 4.80. The van der Waals surface area contributed by atoms with Gasteiger partial charge in [0.15, 0.2) is 0 Å². The van der Waals surface area contributed by atoms with Gasteiger partial charge in [-0.15, -0.1) is 0 Å². The summed E-state index contributed by atoms with van der Waals surface area (Å²) in [5.41, 5.74) is -1.07. The normalized spacial score (nSPS) is 13.5. The van der Waals surface area contributed by atoms with Crippen molar-refractivity contribution in [3.63, 3.8) is 0 Å². The molecule has 0 spiro atoms. The van der Waals surface area contributed by atoms with Crippen LogP contribution in [0.15, 0.2) is 12.7 Å². The summed E-state index contributed by atoms with van der Waals surface area (Å²) >= 11 is 0. The van der Waals surface area contributed by atoms with Crippen LogP contribution in [0.25, 0.3) is 0 Å². The SMILES string of the molecule is C=CC(=O)OCC(CC)(COC(=O)CC)COC(=O)PC. The lowest BCUT2D eigenvalue weighted by molar-refractivity contribution is -0.153. The van der Waals surface area contributed by atoms with Crippen molar-refractivity contribution in [2.45, 2.75) is 26.7 Å². The highest BCUT2D eigenvalue weighted by Crippen LogP contribution is 2.25. The minimum Gasteiger partial charge on any atom is -0.465 e. The van der Waals surface area contributed by atoms with E-state index in [9.17, 15) is 14.4 Å². The molecular weight excluding hydrogens is 295 g/mol. The van der Waals surface area contributed by atoms with Crippen LogP contribution in [0.5, 0.6) is 0 Å². The fourth-order valence-corrected chi connectivity index (χ4v) is 1.56. The second-order valence-electron chi connectivity index (χ2n) is 4.51. The van der Waals surface area contributed by atoms with Crippen LogP contribution in [0.1, 0.15) is 26.7 Å². The quantitative estimate of drug-likeness (QED) is 0.266. The highest BCUT2D eigenvalue weighted by molar-refractivity contribution is 7.56. The third-order valence-electron chi connectivity index (χ3n) is 2.98. The first-order chi connectivity index (χ1) is 9.92. The fraction of sp³-hybridized carbons (Fsp3) is 0.643. The van der Waals surface area contributed by atoms with Gasteiger partial charge >= 0.3 is 17.6 Å². The second-order valence-corrected chi connectivity index (χ2v) is 5.41. The van der Waals surface area contributed by atoms with Gasteiger partial charge in [-0.3, -0.25) is 4.79 Å². The summed E-state index contributed by atoms with van der Waals surface area (Å²) in [5, 5.41) is 0. The number of hydrogen-bond acceptors (Lipinski definition) is 6. The van der Waals surface area contributed by atoms with Crippen LogP contribution >= 0.6 is 8.58 Å². The van der Waals surface area contributed by atoms with Crippen molar-refractivity contribution < 1.29 is 28.6 Å². The van der Waals surface area contributed by atoms with Crippen molar-refractivity contribution in [2.24, 2.45) is 5.41 Å². The molecule has 0 fully saturated rings. The number of hydrogen-bond donors (Lipinski definition) is 0. The fourth-order valence-electron chi connectivity index (χ4n) is 1.34. The van der Waals surface area contributed by atoms with Gasteiger partial charge in [0, 0.05) is 12.5 Å². The van der Waals surface area contributed by atoms with E-state index in [4.69, 9.17) is 14.2 Å². The molecule has 0 rings (SSSR count). The number of ether oxygens (including phenoxy) is 3. The Morgan fingerprint density at radius 3 is 2.14 bits per heavy atom. The number of carbonyl (C=O) groups is 3. The van der Waals surface area contributed by atoms with Crippen LogP contribution < -0.4 is 0 Å². The molecule has 0 aliphatic heterocycles. The van der Waals surface area contributed by atoms with Gasteiger partial charge in [-0.2, -0.15) is 0 Å². The Hall–Kier alpha value is -1.42. The van der Waals surface area contributed by atoms with Gasteiger partial charge in [-0.1, -0.05) is 20.4 Å². The van der Waals surface area contributed by atoms with Crippen molar-refractivity contribution in [1.82, 2.24) is 0 Å². The first-order valence-electron chi connectivity index (χ1n) is 6.72. The zero-order valence-corrected chi connectivity index (χ0v) is 13.8. The summed E-state index contributed by atoms with van der Waals surface area (Å²) in [7, 11) is 0.0210. The lowest BCUT2D eigenvalue weighted by Crippen LogP contribution is -2.38. The summed E-state index contributed by atoms with van der Waals surface area (Å²) < 4.78 is 15.3. The maximum Gasteiger partial charge on any atom is 0.330 e. The van der Waals surface area contributed by atoms with Gasteiger partial charge in [-0.25, -0.2) is 9.59 Å². The molecule has 6 nitrogen and oxygen atoms in total. The van der Waals surface area contributed by atoms with E-state index in [1.165, 1.54) is 0 Å². The third-order valence-corrected chi connectivity index (χ3v) is 3.53. The maximum atomic E-state index is 11.3. The van der Waals surface area contributed by atoms with E-state index in [0.29, 0.717) is 6.42 Å². The molecule has 0 amide bonds. The molecule has 0 N–H and O–H groups in total. The van der Waals surface area contributed by atoms with Crippen LogP contribution in [0.2, 0.25) is 0 Å². The smallest absolute Gasteiger partial charge is 0.330 e. The summed E-state index contributed by atoms with van der Waals surface area (Å²) in [5.74, 6) is -0.926. The molecular formula is C14H23O6P. The Labute approximate surface area is 127 Å². The molecule has 21 heavy (non-hydrogen) atoms. The lowest BCUT2D eigenvalue weighted by Gasteiger charge is -2.30. The summed E-state index contributed by atoms with van der Waals surface area (Å²) in [6, 6.07) is 0. The minimum absolute atomic E-state index is 0.00848. The van der Waals surface area contributed by atoms with Crippen LogP contribution in [-0.4, -0.2) is 44.1 Å². The second kappa shape index (κ2) is 10.3. The van der Waals surface area contributed by atoms with E-state index in [-0.39, 0.29) is 46.5 Å². The van der Waals surface area contributed by atoms with Crippen LogP contribution in [0, 0.1) is 5.41 Å². The van der Waals surface area contributed by atoms with Gasteiger partial charge in [0.05, 0.1) is 5.41 Å². The topological polar surface area (TPSA) is 78.9 Å². The van der Waals surface area contributed by atoms with Gasteiger partial charge in [0.1, 0.15) is 19.8 Å². The van der Waals surface area contributed by atoms with Crippen LogP contribution in [-0.2, 0) is 23.8 Å². The van der Waals surface area contributed by atoms with E-state index in [0.717, 1.165) is 6.08 Å². The van der Waals surface area contributed by atoms with E-state index >= 15 is 0 Å². The highest BCUT2D eigenvalue weighted by atomic mass is 31.1. The molecule has 0 saturated carbocycles. The average molecular weight is 318 g/mol. The highest BCUT2D eigenvalue weighted by Gasteiger charge is 2.33. The minimum atomic E-state index is -0.737. The molecule has 0 aromatic heterocycles. The monoisotopic (exact) mass is 318 g/mol. The third kappa shape index (κ3) is 7.81. The summed E-state index contributed by atoms with van der Waals surface area (Å²) in [6.07, 6.45) is 1.83. The number of esters is 2. The standard InChI is InChI=1S/C14H23O6P/c1-5-11(15)18-8-14(7-3,9-19-12(16)6-2)10-20-13(17)21-4/h5,21H,1,6-10H2,2-4H3. The van der Waals surface area contributed by atoms with Gasteiger partial charge < -0.3 is 14.2 Å². The maximum absolute atomic E-state index is 11.3. The van der Waals surface area contributed by atoms with Crippen LogP contribution in [0.4, 0.5) is 4.79 Å². The van der Waals surface area contributed by atoms with Crippen molar-refractivity contribution in [1.29, 1.82) is 0 Å². The molecule has 7 heteroatoms. The first-order valence-corrected chi connectivity index (χ1v) is 8.22. The zero-order chi connectivity index (χ0) is 16.3. The Bertz CT molecular complexity index is 360.